The SMILES string of the molecule is c1ccc(-n2c3ccccc3c3c([Si](c4ccccc4)(c4ccccc4)c4cccc5c4oc4ccccc45)cccc32)cc1. The van der Waals surface area contributed by atoms with Crippen molar-refractivity contribution in [3.63, 3.8) is 0 Å². The van der Waals surface area contributed by atoms with Crippen LogP contribution in [-0.4, -0.2) is 12.6 Å². The van der Waals surface area contributed by atoms with E-state index in [9.17, 15) is 0 Å². The number of furan rings is 1. The maximum absolute atomic E-state index is 6.86. The molecule has 0 N–H and O–H groups in total. The van der Waals surface area contributed by atoms with E-state index < -0.39 is 8.07 Å². The maximum Gasteiger partial charge on any atom is 0.184 e. The first-order valence-corrected chi connectivity index (χ1v) is 17.5. The smallest absolute Gasteiger partial charge is 0.184 e. The van der Waals surface area contributed by atoms with Crippen LogP contribution in [0.15, 0.2) is 180 Å². The Kier molecular flexibility index (Phi) is 5.87. The second-order valence-corrected chi connectivity index (χ2v) is 15.4. The maximum atomic E-state index is 6.86. The van der Waals surface area contributed by atoms with Crippen molar-refractivity contribution in [1.29, 1.82) is 0 Å². The number of fused-ring (bicyclic) bond motifs is 6. The topological polar surface area (TPSA) is 18.1 Å². The molecular formula is C42H29NOSi. The predicted octanol–water partition coefficient (Wildman–Crippen LogP) is 8.06. The molecule has 0 bridgehead atoms. The molecule has 9 aromatic rings. The largest absolute Gasteiger partial charge is 0.456 e. The molecule has 2 nitrogen and oxygen atoms in total. The zero-order valence-corrected chi connectivity index (χ0v) is 25.6. The van der Waals surface area contributed by atoms with E-state index in [0.717, 1.165) is 27.6 Å². The number of nitrogens with zero attached hydrogens (tertiary/aromatic N) is 1. The summed E-state index contributed by atoms with van der Waals surface area (Å²) in [5, 5.41) is 10.1. The van der Waals surface area contributed by atoms with Crippen LogP contribution in [0.4, 0.5) is 0 Å². The highest BCUT2D eigenvalue weighted by atomic mass is 28.3. The Morgan fingerprint density at radius 2 is 0.933 bits per heavy atom. The van der Waals surface area contributed by atoms with Crippen molar-refractivity contribution in [3.05, 3.63) is 176 Å². The van der Waals surface area contributed by atoms with Gasteiger partial charge in [-0.1, -0.05) is 146 Å². The molecule has 9 rings (SSSR count). The lowest BCUT2D eigenvalue weighted by Gasteiger charge is -2.35. The molecule has 0 saturated heterocycles. The first-order valence-electron chi connectivity index (χ1n) is 15.5. The van der Waals surface area contributed by atoms with Gasteiger partial charge in [-0.25, -0.2) is 0 Å². The summed E-state index contributed by atoms with van der Waals surface area (Å²) in [6, 6.07) is 64.0. The molecule has 7 aromatic carbocycles. The highest BCUT2D eigenvalue weighted by Crippen LogP contribution is 2.34. The van der Waals surface area contributed by atoms with Crippen LogP contribution < -0.4 is 20.7 Å². The highest BCUT2D eigenvalue weighted by molar-refractivity contribution is 7.21. The van der Waals surface area contributed by atoms with Crippen LogP contribution in [0.2, 0.25) is 0 Å². The molecule has 0 atom stereocenters. The van der Waals surface area contributed by atoms with Crippen LogP contribution in [0.1, 0.15) is 0 Å². The minimum absolute atomic E-state index is 0.919. The summed E-state index contributed by atoms with van der Waals surface area (Å²) in [5.74, 6) is 0. The Morgan fingerprint density at radius 3 is 1.67 bits per heavy atom. The summed E-state index contributed by atoms with van der Waals surface area (Å²) in [5.41, 5.74) is 5.47. The molecule has 0 spiro atoms. The van der Waals surface area contributed by atoms with Crippen molar-refractivity contribution in [1.82, 2.24) is 4.57 Å². The molecule has 0 amide bonds. The van der Waals surface area contributed by atoms with Crippen LogP contribution in [-0.2, 0) is 0 Å². The third-order valence-corrected chi connectivity index (χ3v) is 14.2. The first kappa shape index (κ1) is 25.8. The third-order valence-electron chi connectivity index (χ3n) is 9.34. The average molecular weight is 592 g/mol. The van der Waals surface area contributed by atoms with E-state index in [1.165, 1.54) is 42.6 Å². The fourth-order valence-electron chi connectivity index (χ4n) is 7.54. The van der Waals surface area contributed by atoms with E-state index >= 15 is 0 Å². The van der Waals surface area contributed by atoms with Gasteiger partial charge in [0.2, 0.25) is 0 Å². The summed E-state index contributed by atoms with van der Waals surface area (Å²) in [7, 11) is -3.00. The van der Waals surface area contributed by atoms with Gasteiger partial charge in [0.05, 0.1) is 11.0 Å². The van der Waals surface area contributed by atoms with E-state index in [2.05, 4.69) is 180 Å². The van der Waals surface area contributed by atoms with Crippen LogP contribution >= 0.6 is 0 Å². The van der Waals surface area contributed by atoms with Gasteiger partial charge in [-0.15, -0.1) is 0 Å². The monoisotopic (exact) mass is 591 g/mol. The molecule has 3 heteroatoms. The van der Waals surface area contributed by atoms with Gasteiger partial charge in [-0.3, -0.25) is 0 Å². The molecule has 0 radical (unpaired) electrons. The van der Waals surface area contributed by atoms with E-state index in [-0.39, 0.29) is 0 Å². The van der Waals surface area contributed by atoms with Crippen molar-refractivity contribution < 1.29 is 4.42 Å². The molecule has 0 aliphatic heterocycles. The van der Waals surface area contributed by atoms with E-state index in [1.54, 1.807) is 0 Å². The zero-order valence-electron chi connectivity index (χ0n) is 24.6. The Morgan fingerprint density at radius 1 is 0.400 bits per heavy atom. The molecule has 0 saturated carbocycles. The molecular weight excluding hydrogens is 563 g/mol. The second kappa shape index (κ2) is 10.2. The Hall–Kier alpha value is -5.64. The summed E-state index contributed by atoms with van der Waals surface area (Å²) in [4.78, 5) is 0. The van der Waals surface area contributed by atoms with E-state index in [1.807, 2.05) is 0 Å². The number of hydrogen-bond donors (Lipinski definition) is 0. The van der Waals surface area contributed by atoms with Crippen LogP contribution in [0.5, 0.6) is 0 Å². The predicted molar refractivity (Wildman–Crippen MR) is 192 cm³/mol. The van der Waals surface area contributed by atoms with E-state index in [4.69, 9.17) is 4.42 Å². The molecule has 212 valence electrons. The number of para-hydroxylation sites is 4. The minimum atomic E-state index is -3.00. The number of aromatic nitrogens is 1. The molecule has 2 heterocycles. The zero-order chi connectivity index (χ0) is 29.8. The second-order valence-electron chi connectivity index (χ2n) is 11.7. The van der Waals surface area contributed by atoms with Crippen molar-refractivity contribution in [2.75, 3.05) is 0 Å². The van der Waals surface area contributed by atoms with Gasteiger partial charge in [0.1, 0.15) is 11.2 Å². The van der Waals surface area contributed by atoms with Gasteiger partial charge in [0, 0.05) is 27.2 Å². The summed E-state index contributed by atoms with van der Waals surface area (Å²) < 4.78 is 9.28. The molecule has 0 aliphatic rings. The molecule has 2 aromatic heterocycles. The minimum Gasteiger partial charge on any atom is -0.456 e. The molecule has 0 aliphatic carbocycles. The van der Waals surface area contributed by atoms with Gasteiger partial charge in [0.25, 0.3) is 0 Å². The lowest BCUT2D eigenvalue weighted by Crippen LogP contribution is -2.75. The van der Waals surface area contributed by atoms with Crippen molar-refractivity contribution in [2.45, 2.75) is 0 Å². The average Bonchev–Trinajstić information content (AvgIpc) is 3.67. The highest BCUT2D eigenvalue weighted by Gasteiger charge is 2.45. The fraction of sp³-hybridized carbons (Fsp3) is 0. The van der Waals surface area contributed by atoms with Gasteiger partial charge in [0.15, 0.2) is 8.07 Å². The van der Waals surface area contributed by atoms with Gasteiger partial charge in [-0.05, 0) is 51.1 Å². The number of benzene rings is 7. The first-order chi connectivity index (χ1) is 22.4. The third kappa shape index (κ3) is 3.74. The summed E-state index contributed by atoms with van der Waals surface area (Å²) in [6.45, 7) is 0. The molecule has 0 unspecified atom stereocenters. The quantitative estimate of drug-likeness (QED) is 0.146. The van der Waals surface area contributed by atoms with Crippen LogP contribution in [0, 0.1) is 0 Å². The lowest BCUT2D eigenvalue weighted by molar-refractivity contribution is 0.671. The van der Waals surface area contributed by atoms with Crippen molar-refractivity contribution >= 4 is 72.6 Å². The standard InChI is InChI=1S/C42H29NOSi/c1-4-16-30(17-5-1)43-36-25-12-10-23-35(36)41-37(43)26-15-28-39(41)45(31-18-6-2-7-19-31,32-20-8-3-9-21-32)40-29-14-24-34-33-22-11-13-27-38(33)44-42(34)40/h1-29H. The Labute approximate surface area is 262 Å². The van der Waals surface area contributed by atoms with Crippen LogP contribution in [0.25, 0.3) is 49.4 Å². The molecule has 0 fully saturated rings. The van der Waals surface area contributed by atoms with Crippen molar-refractivity contribution in [2.24, 2.45) is 0 Å². The lowest BCUT2D eigenvalue weighted by atomic mass is 10.1. The Balaban J connectivity index is 1.52. The fourth-order valence-corrected chi connectivity index (χ4v) is 12.6. The van der Waals surface area contributed by atoms with Gasteiger partial charge in [-0.2, -0.15) is 0 Å². The van der Waals surface area contributed by atoms with Crippen molar-refractivity contribution in [3.8, 4) is 5.69 Å². The summed E-state index contributed by atoms with van der Waals surface area (Å²) in [6.07, 6.45) is 0. The Bertz CT molecular complexity index is 2440. The van der Waals surface area contributed by atoms with Gasteiger partial charge >= 0.3 is 0 Å². The van der Waals surface area contributed by atoms with Gasteiger partial charge < -0.3 is 8.98 Å². The number of rotatable bonds is 5. The summed E-state index contributed by atoms with van der Waals surface area (Å²) >= 11 is 0. The normalized spacial score (nSPS) is 12.0. The molecule has 45 heavy (non-hydrogen) atoms. The number of hydrogen-bond acceptors (Lipinski definition) is 1. The van der Waals surface area contributed by atoms with E-state index in [0.29, 0.717) is 0 Å². The van der Waals surface area contributed by atoms with Crippen LogP contribution in [0.3, 0.4) is 0 Å².